The van der Waals surface area contributed by atoms with E-state index in [1.54, 1.807) is 6.08 Å². The third-order valence-electron chi connectivity index (χ3n) is 2.91. The van der Waals surface area contributed by atoms with Gasteiger partial charge in [-0.2, -0.15) is 0 Å². The van der Waals surface area contributed by atoms with Gasteiger partial charge in [0.05, 0.1) is 6.54 Å². The molecule has 1 heterocycles. The predicted molar refractivity (Wildman–Crippen MR) is 73.5 cm³/mol. The van der Waals surface area contributed by atoms with Crippen LogP contribution in [0.5, 0.6) is 0 Å². The highest BCUT2D eigenvalue weighted by Crippen LogP contribution is 2.14. The largest absolute Gasteiger partial charge is 0.352 e. The van der Waals surface area contributed by atoms with Crippen LogP contribution in [-0.2, 0) is 4.79 Å². The van der Waals surface area contributed by atoms with Crippen molar-refractivity contribution in [2.75, 3.05) is 39.8 Å². The molecule has 1 aliphatic heterocycles. The average molecular weight is 262 g/mol. The van der Waals surface area contributed by atoms with Gasteiger partial charge in [0.25, 0.3) is 0 Å². The summed E-state index contributed by atoms with van der Waals surface area (Å²) in [6, 6.07) is 0. The zero-order valence-corrected chi connectivity index (χ0v) is 11.4. The number of nitrogens with zero attached hydrogens (tertiary/aromatic N) is 1. The zero-order valence-electron chi connectivity index (χ0n) is 10.6. The number of carbonyl (C=O) groups is 1. The van der Waals surface area contributed by atoms with Crippen LogP contribution in [0.25, 0.3) is 0 Å². The van der Waals surface area contributed by atoms with Gasteiger partial charge in [-0.1, -0.05) is 6.08 Å². The van der Waals surface area contributed by atoms with E-state index >= 15 is 0 Å². The first-order valence-corrected chi connectivity index (χ1v) is 6.00. The highest BCUT2D eigenvalue weighted by Gasteiger charge is 2.20. The van der Waals surface area contributed by atoms with Crippen LogP contribution in [-0.4, -0.2) is 50.6 Å². The van der Waals surface area contributed by atoms with E-state index in [2.05, 4.69) is 22.1 Å². The molecule has 0 aromatic rings. The Bertz CT molecular complexity index is 234. The third-order valence-corrected chi connectivity index (χ3v) is 2.91. The van der Waals surface area contributed by atoms with Gasteiger partial charge in [-0.25, -0.2) is 0 Å². The van der Waals surface area contributed by atoms with Gasteiger partial charge in [0.1, 0.15) is 0 Å². The van der Waals surface area contributed by atoms with Gasteiger partial charge < -0.3 is 10.6 Å². The molecule has 1 aliphatic rings. The summed E-state index contributed by atoms with van der Waals surface area (Å²) in [5.41, 5.74) is 0. The van der Waals surface area contributed by atoms with E-state index in [0.717, 1.165) is 19.6 Å². The summed E-state index contributed by atoms with van der Waals surface area (Å²) in [7, 11) is 1.98. The molecule has 1 rings (SSSR count). The molecule has 1 fully saturated rings. The number of halogens is 1. The van der Waals surface area contributed by atoms with Crippen LogP contribution in [0.1, 0.15) is 12.8 Å². The lowest BCUT2D eigenvalue weighted by Gasteiger charge is -2.32. The van der Waals surface area contributed by atoms with Crippen molar-refractivity contribution in [2.24, 2.45) is 5.92 Å². The maximum atomic E-state index is 11.5. The van der Waals surface area contributed by atoms with Crippen LogP contribution < -0.4 is 10.6 Å². The lowest BCUT2D eigenvalue weighted by atomic mass is 9.98. The van der Waals surface area contributed by atoms with E-state index in [9.17, 15) is 4.79 Å². The molecule has 2 N–H and O–H groups in total. The number of nitrogens with one attached hydrogen (secondary N) is 2. The van der Waals surface area contributed by atoms with Crippen molar-refractivity contribution >= 4 is 18.3 Å². The van der Waals surface area contributed by atoms with Gasteiger partial charge in [0.2, 0.25) is 5.91 Å². The van der Waals surface area contributed by atoms with E-state index in [-0.39, 0.29) is 18.3 Å². The van der Waals surface area contributed by atoms with Crippen molar-refractivity contribution < 1.29 is 4.79 Å². The first-order valence-electron chi connectivity index (χ1n) is 6.00. The van der Waals surface area contributed by atoms with Crippen molar-refractivity contribution in [2.45, 2.75) is 12.8 Å². The van der Waals surface area contributed by atoms with Gasteiger partial charge in [-0.05, 0) is 38.9 Å². The SMILES string of the molecule is C=CCNC(=O)CN1CCCC(CNC)C1.Cl. The molecule has 5 heteroatoms. The van der Waals surface area contributed by atoms with Crippen molar-refractivity contribution in [1.82, 2.24) is 15.5 Å². The van der Waals surface area contributed by atoms with Gasteiger partial charge in [-0.15, -0.1) is 19.0 Å². The number of likely N-dealkylation sites (tertiary alicyclic amines) is 1. The number of hydrogen-bond acceptors (Lipinski definition) is 3. The summed E-state index contributed by atoms with van der Waals surface area (Å²) in [4.78, 5) is 13.8. The Morgan fingerprint density at radius 1 is 1.59 bits per heavy atom. The van der Waals surface area contributed by atoms with Crippen LogP contribution in [0.15, 0.2) is 12.7 Å². The molecule has 0 saturated carbocycles. The third kappa shape index (κ3) is 6.66. The molecule has 0 aromatic heterocycles. The highest BCUT2D eigenvalue weighted by atomic mass is 35.5. The Morgan fingerprint density at radius 3 is 3.00 bits per heavy atom. The summed E-state index contributed by atoms with van der Waals surface area (Å²) in [5.74, 6) is 0.788. The maximum Gasteiger partial charge on any atom is 0.234 e. The van der Waals surface area contributed by atoms with Gasteiger partial charge in [0.15, 0.2) is 0 Å². The number of carbonyl (C=O) groups excluding carboxylic acids is 1. The molecule has 4 nitrogen and oxygen atoms in total. The van der Waals surface area contributed by atoms with Gasteiger partial charge in [-0.3, -0.25) is 9.69 Å². The van der Waals surface area contributed by atoms with Crippen molar-refractivity contribution in [3.63, 3.8) is 0 Å². The monoisotopic (exact) mass is 261 g/mol. The second kappa shape index (κ2) is 9.45. The summed E-state index contributed by atoms with van der Waals surface area (Å²) < 4.78 is 0. The number of amides is 1. The lowest BCUT2D eigenvalue weighted by molar-refractivity contribution is -0.122. The van der Waals surface area contributed by atoms with E-state index in [4.69, 9.17) is 0 Å². The molecular formula is C12H24ClN3O. The smallest absolute Gasteiger partial charge is 0.234 e. The Hall–Kier alpha value is -0.580. The summed E-state index contributed by atoms with van der Waals surface area (Å²) >= 11 is 0. The second-order valence-corrected chi connectivity index (χ2v) is 4.39. The lowest BCUT2D eigenvalue weighted by Crippen LogP contribution is -2.44. The first kappa shape index (κ1) is 16.4. The standard InChI is InChI=1S/C12H23N3O.ClH/c1-3-6-14-12(16)10-15-7-4-5-11(9-15)8-13-2;/h3,11,13H,1,4-10H2,2H3,(H,14,16);1H. The minimum absolute atomic E-state index is 0. The van der Waals surface area contributed by atoms with Crippen molar-refractivity contribution in [3.05, 3.63) is 12.7 Å². The average Bonchev–Trinajstić information content (AvgIpc) is 2.27. The van der Waals surface area contributed by atoms with E-state index < -0.39 is 0 Å². The number of piperidine rings is 1. The molecule has 0 bridgehead atoms. The topological polar surface area (TPSA) is 44.4 Å². The van der Waals surface area contributed by atoms with Crippen LogP contribution in [0.4, 0.5) is 0 Å². The van der Waals surface area contributed by atoms with Crippen LogP contribution >= 0.6 is 12.4 Å². The number of hydrogen-bond donors (Lipinski definition) is 2. The van der Waals surface area contributed by atoms with Crippen molar-refractivity contribution in [3.8, 4) is 0 Å². The molecule has 0 radical (unpaired) electrons. The van der Waals surface area contributed by atoms with E-state index in [1.807, 2.05) is 7.05 Å². The summed E-state index contributed by atoms with van der Waals surface area (Å²) in [6.45, 7) is 7.78. The van der Waals surface area contributed by atoms with Crippen molar-refractivity contribution in [1.29, 1.82) is 0 Å². The molecule has 100 valence electrons. The molecular weight excluding hydrogens is 238 g/mol. The fraction of sp³-hybridized carbons (Fsp3) is 0.750. The Kier molecular flexibility index (Phi) is 9.13. The molecule has 0 aliphatic carbocycles. The van der Waals surface area contributed by atoms with Crippen LogP contribution in [0.2, 0.25) is 0 Å². The van der Waals surface area contributed by atoms with E-state index in [0.29, 0.717) is 19.0 Å². The fourth-order valence-electron chi connectivity index (χ4n) is 2.20. The van der Waals surface area contributed by atoms with Gasteiger partial charge in [0, 0.05) is 13.1 Å². The molecule has 1 unspecified atom stereocenters. The normalized spacial score (nSPS) is 20.4. The highest BCUT2D eigenvalue weighted by molar-refractivity contribution is 5.85. The summed E-state index contributed by atoms with van der Waals surface area (Å²) in [6.07, 6.45) is 4.17. The molecule has 0 aromatic carbocycles. The van der Waals surface area contributed by atoms with Gasteiger partial charge >= 0.3 is 0 Å². The minimum Gasteiger partial charge on any atom is -0.352 e. The quantitative estimate of drug-likeness (QED) is 0.690. The Morgan fingerprint density at radius 2 is 2.35 bits per heavy atom. The second-order valence-electron chi connectivity index (χ2n) is 4.39. The first-order chi connectivity index (χ1) is 7.76. The maximum absolute atomic E-state index is 11.5. The molecule has 1 atom stereocenters. The number of rotatable bonds is 6. The summed E-state index contributed by atoms with van der Waals surface area (Å²) in [5, 5.41) is 6.02. The minimum atomic E-state index is 0. The Balaban J connectivity index is 0.00000256. The Labute approximate surface area is 110 Å². The molecule has 1 saturated heterocycles. The predicted octanol–water partition coefficient (Wildman–Crippen LogP) is 0.642. The molecule has 1 amide bonds. The van der Waals surface area contributed by atoms with E-state index in [1.165, 1.54) is 12.8 Å². The molecule has 17 heavy (non-hydrogen) atoms. The molecule has 0 spiro atoms. The zero-order chi connectivity index (χ0) is 11.8. The fourth-order valence-corrected chi connectivity index (χ4v) is 2.20. The van der Waals surface area contributed by atoms with Crippen LogP contribution in [0.3, 0.4) is 0 Å². The van der Waals surface area contributed by atoms with Crippen LogP contribution in [0, 0.1) is 5.92 Å².